The van der Waals surface area contributed by atoms with Gasteiger partial charge in [0, 0.05) is 10.6 Å². The monoisotopic (exact) mass is 295 g/mol. The smallest absolute Gasteiger partial charge is 0.234 e. The lowest BCUT2D eigenvalue weighted by atomic mass is 10.3. The third-order valence-corrected chi connectivity index (χ3v) is 3.43. The topological polar surface area (TPSA) is 49.3 Å². The zero-order chi connectivity index (χ0) is 14.5. The van der Waals surface area contributed by atoms with E-state index in [1.54, 1.807) is 12.1 Å². The van der Waals surface area contributed by atoms with Crippen LogP contribution in [0.3, 0.4) is 0 Å². The van der Waals surface area contributed by atoms with E-state index in [1.165, 1.54) is 12.1 Å². The lowest BCUT2D eigenvalue weighted by Crippen LogP contribution is -2.13. The fourth-order valence-electron chi connectivity index (χ4n) is 1.47. The Labute approximate surface area is 118 Å². The summed E-state index contributed by atoms with van der Waals surface area (Å²) in [6.07, 6.45) is 0. The van der Waals surface area contributed by atoms with E-state index in [4.69, 9.17) is 5.11 Å². The zero-order valence-corrected chi connectivity index (χ0v) is 11.1. The van der Waals surface area contributed by atoms with Crippen molar-refractivity contribution in [3.63, 3.8) is 0 Å². The highest BCUT2D eigenvalue weighted by atomic mass is 32.2. The molecule has 104 valence electrons. The number of amides is 1. The van der Waals surface area contributed by atoms with Crippen LogP contribution in [0.25, 0.3) is 0 Å². The number of thioether (sulfide) groups is 1. The molecule has 20 heavy (non-hydrogen) atoms. The van der Waals surface area contributed by atoms with E-state index in [0.29, 0.717) is 5.69 Å². The minimum absolute atomic E-state index is 0.0404. The highest BCUT2D eigenvalue weighted by molar-refractivity contribution is 8.00. The van der Waals surface area contributed by atoms with Gasteiger partial charge in [0.2, 0.25) is 5.91 Å². The number of carbonyl (C=O) groups excluding carboxylic acids is 1. The lowest BCUT2D eigenvalue weighted by molar-refractivity contribution is -0.113. The number of aromatic hydroxyl groups is 1. The molecule has 0 spiro atoms. The Hall–Kier alpha value is -2.08. The van der Waals surface area contributed by atoms with Crippen LogP contribution in [0.2, 0.25) is 0 Å². The largest absolute Gasteiger partial charge is 0.508 e. The van der Waals surface area contributed by atoms with Crippen molar-refractivity contribution in [3.8, 4) is 5.75 Å². The molecule has 6 heteroatoms. The number of benzene rings is 2. The van der Waals surface area contributed by atoms with Gasteiger partial charge in [-0.3, -0.25) is 4.79 Å². The molecule has 0 atom stereocenters. The molecule has 2 aromatic rings. The number of nitrogens with one attached hydrogen (secondary N) is 1. The van der Waals surface area contributed by atoms with E-state index >= 15 is 0 Å². The lowest BCUT2D eigenvalue weighted by Gasteiger charge is -2.06. The second kappa shape index (κ2) is 6.38. The van der Waals surface area contributed by atoms with Crippen molar-refractivity contribution < 1.29 is 18.7 Å². The molecule has 0 aliphatic heterocycles. The Morgan fingerprint density at radius 3 is 2.55 bits per heavy atom. The van der Waals surface area contributed by atoms with Crippen molar-refractivity contribution in [2.75, 3.05) is 11.1 Å². The first-order valence-electron chi connectivity index (χ1n) is 5.71. The van der Waals surface area contributed by atoms with Gasteiger partial charge in [-0.2, -0.15) is 0 Å². The maximum Gasteiger partial charge on any atom is 0.234 e. The fourth-order valence-corrected chi connectivity index (χ4v) is 2.23. The van der Waals surface area contributed by atoms with Crippen LogP contribution >= 0.6 is 11.8 Å². The number of rotatable bonds is 4. The maximum atomic E-state index is 13.3. The van der Waals surface area contributed by atoms with Gasteiger partial charge in [0.1, 0.15) is 17.4 Å². The third-order valence-electron chi connectivity index (χ3n) is 2.40. The van der Waals surface area contributed by atoms with Crippen LogP contribution in [0.15, 0.2) is 47.4 Å². The number of anilines is 1. The quantitative estimate of drug-likeness (QED) is 0.671. The molecular weight excluding hydrogens is 284 g/mol. The van der Waals surface area contributed by atoms with Gasteiger partial charge < -0.3 is 10.4 Å². The molecule has 0 radical (unpaired) electrons. The number of carbonyl (C=O) groups is 1. The van der Waals surface area contributed by atoms with E-state index < -0.39 is 11.6 Å². The summed E-state index contributed by atoms with van der Waals surface area (Å²) in [5, 5.41) is 11.7. The van der Waals surface area contributed by atoms with Crippen molar-refractivity contribution in [3.05, 3.63) is 54.1 Å². The van der Waals surface area contributed by atoms with Crippen LogP contribution in [0.4, 0.5) is 14.5 Å². The number of phenolic OH excluding ortho intramolecular Hbond substituents is 1. The van der Waals surface area contributed by atoms with E-state index in [0.717, 1.165) is 30.0 Å². The van der Waals surface area contributed by atoms with Crippen LogP contribution in [0.5, 0.6) is 5.75 Å². The Bertz CT molecular complexity index is 617. The summed E-state index contributed by atoms with van der Waals surface area (Å²) in [5.41, 5.74) is 0.521. The maximum absolute atomic E-state index is 13.3. The number of hydrogen-bond donors (Lipinski definition) is 2. The molecular formula is C14H11F2NO2S. The molecule has 2 aromatic carbocycles. The Morgan fingerprint density at radius 1 is 1.15 bits per heavy atom. The summed E-state index contributed by atoms with van der Waals surface area (Å²) < 4.78 is 26.3. The molecule has 2 rings (SSSR count). The van der Waals surface area contributed by atoms with Crippen LogP contribution in [-0.2, 0) is 4.79 Å². The number of hydrogen-bond acceptors (Lipinski definition) is 3. The molecule has 0 bridgehead atoms. The van der Waals surface area contributed by atoms with Gasteiger partial charge in [0.05, 0.1) is 5.75 Å². The summed E-state index contributed by atoms with van der Waals surface area (Å²) in [5.74, 6) is -1.40. The van der Waals surface area contributed by atoms with Gasteiger partial charge in [0.15, 0.2) is 0 Å². The second-order valence-electron chi connectivity index (χ2n) is 3.96. The second-order valence-corrected chi connectivity index (χ2v) is 4.98. The minimum Gasteiger partial charge on any atom is -0.508 e. The Morgan fingerprint density at radius 2 is 1.85 bits per heavy atom. The average Bonchev–Trinajstić information content (AvgIpc) is 2.42. The third kappa shape index (κ3) is 3.96. The predicted molar refractivity (Wildman–Crippen MR) is 73.8 cm³/mol. The van der Waals surface area contributed by atoms with Gasteiger partial charge in [0.25, 0.3) is 0 Å². The molecule has 0 aliphatic rings. The molecule has 0 unspecified atom stereocenters. The standard InChI is InChI=1S/C14H11F2NO2S/c15-9-1-6-12(16)13(7-9)20-8-14(19)17-10-2-4-11(18)5-3-10/h1-7,18H,8H2,(H,17,19). The number of halogens is 2. The molecule has 2 N–H and O–H groups in total. The van der Waals surface area contributed by atoms with Crippen LogP contribution in [0, 0.1) is 11.6 Å². The van der Waals surface area contributed by atoms with Crippen LogP contribution < -0.4 is 5.32 Å². The first-order chi connectivity index (χ1) is 9.54. The molecule has 0 fully saturated rings. The molecule has 0 saturated carbocycles. The van der Waals surface area contributed by atoms with Gasteiger partial charge in [-0.1, -0.05) is 0 Å². The average molecular weight is 295 g/mol. The molecule has 3 nitrogen and oxygen atoms in total. The molecule has 0 aromatic heterocycles. The Kier molecular flexibility index (Phi) is 4.57. The van der Waals surface area contributed by atoms with Crippen LogP contribution in [-0.4, -0.2) is 16.8 Å². The Balaban J connectivity index is 1.92. The van der Waals surface area contributed by atoms with Gasteiger partial charge in [-0.25, -0.2) is 8.78 Å². The van der Waals surface area contributed by atoms with Crippen molar-refractivity contribution in [1.82, 2.24) is 0 Å². The predicted octanol–water partition coefficient (Wildman–Crippen LogP) is 3.40. The zero-order valence-electron chi connectivity index (χ0n) is 10.3. The van der Waals surface area contributed by atoms with E-state index in [1.807, 2.05) is 0 Å². The SMILES string of the molecule is O=C(CSc1cc(F)ccc1F)Nc1ccc(O)cc1. The summed E-state index contributed by atoms with van der Waals surface area (Å²) in [6.45, 7) is 0. The molecule has 1 amide bonds. The first-order valence-corrected chi connectivity index (χ1v) is 6.70. The summed E-state index contributed by atoms with van der Waals surface area (Å²) in [7, 11) is 0. The van der Waals surface area contributed by atoms with E-state index in [-0.39, 0.29) is 22.3 Å². The fraction of sp³-hybridized carbons (Fsp3) is 0.0714. The van der Waals surface area contributed by atoms with Gasteiger partial charge in [-0.05, 0) is 42.5 Å². The van der Waals surface area contributed by atoms with Crippen molar-refractivity contribution >= 4 is 23.4 Å². The summed E-state index contributed by atoms with van der Waals surface area (Å²) in [6, 6.07) is 9.06. The van der Waals surface area contributed by atoms with Gasteiger partial charge >= 0.3 is 0 Å². The molecule has 0 aliphatic carbocycles. The summed E-state index contributed by atoms with van der Waals surface area (Å²) in [4.78, 5) is 11.7. The van der Waals surface area contributed by atoms with Crippen molar-refractivity contribution in [2.45, 2.75) is 4.90 Å². The van der Waals surface area contributed by atoms with E-state index in [2.05, 4.69) is 5.32 Å². The number of phenols is 1. The summed E-state index contributed by atoms with van der Waals surface area (Å²) >= 11 is 0.915. The molecule has 0 heterocycles. The highest BCUT2D eigenvalue weighted by Gasteiger charge is 2.08. The first kappa shape index (κ1) is 14.3. The normalized spacial score (nSPS) is 10.3. The van der Waals surface area contributed by atoms with E-state index in [9.17, 15) is 13.6 Å². The van der Waals surface area contributed by atoms with Crippen molar-refractivity contribution in [2.24, 2.45) is 0 Å². The highest BCUT2D eigenvalue weighted by Crippen LogP contribution is 2.23. The van der Waals surface area contributed by atoms with Gasteiger partial charge in [-0.15, -0.1) is 11.8 Å². The van der Waals surface area contributed by atoms with Crippen molar-refractivity contribution in [1.29, 1.82) is 0 Å². The minimum atomic E-state index is -0.561. The van der Waals surface area contributed by atoms with Crippen LogP contribution in [0.1, 0.15) is 0 Å². The molecule has 0 saturated heterocycles.